The molecule has 1 amide bonds. The normalized spacial score (nSPS) is 10.3. The van der Waals surface area contributed by atoms with Crippen LogP contribution < -0.4 is 14.8 Å². The van der Waals surface area contributed by atoms with E-state index in [0.29, 0.717) is 25.3 Å². The summed E-state index contributed by atoms with van der Waals surface area (Å²) in [7, 11) is 0. The largest absolute Gasteiger partial charge is 0.494 e. The molecular formula is C21H27NO3. The minimum Gasteiger partial charge on any atom is -0.494 e. The Kier molecular flexibility index (Phi) is 7.83. The van der Waals surface area contributed by atoms with Crippen molar-refractivity contribution in [1.29, 1.82) is 0 Å². The van der Waals surface area contributed by atoms with Crippen LogP contribution >= 0.6 is 0 Å². The number of carbonyl (C=O) groups is 1. The Morgan fingerprint density at radius 1 is 1.00 bits per heavy atom. The minimum atomic E-state index is -0.0554. The van der Waals surface area contributed by atoms with Crippen LogP contribution in [0.3, 0.4) is 0 Å². The quantitative estimate of drug-likeness (QED) is 0.658. The molecule has 0 unspecified atom stereocenters. The van der Waals surface area contributed by atoms with Crippen LogP contribution in [0.25, 0.3) is 0 Å². The van der Waals surface area contributed by atoms with Gasteiger partial charge in [-0.3, -0.25) is 4.79 Å². The van der Waals surface area contributed by atoms with Gasteiger partial charge in [-0.2, -0.15) is 0 Å². The van der Waals surface area contributed by atoms with Gasteiger partial charge < -0.3 is 14.8 Å². The Balaban J connectivity index is 1.77. The minimum absolute atomic E-state index is 0.0554. The number of hydrogen-bond donors (Lipinski definition) is 1. The summed E-state index contributed by atoms with van der Waals surface area (Å²) in [6, 6.07) is 15.3. The van der Waals surface area contributed by atoms with Crippen LogP contribution in [0.2, 0.25) is 0 Å². The average Bonchev–Trinajstić information content (AvgIpc) is 2.65. The van der Waals surface area contributed by atoms with E-state index in [9.17, 15) is 4.79 Å². The van der Waals surface area contributed by atoms with E-state index in [-0.39, 0.29) is 5.91 Å². The molecule has 25 heavy (non-hydrogen) atoms. The SMILES string of the molecule is CCCOc1ccc(C(=O)NCCCc2ccccc2OCC)cc1. The predicted octanol–water partition coefficient (Wildman–Crippen LogP) is 4.24. The number of carbonyl (C=O) groups excluding carboxylic acids is 1. The van der Waals surface area contributed by atoms with Crippen LogP contribution in [-0.4, -0.2) is 25.7 Å². The van der Waals surface area contributed by atoms with Crippen LogP contribution in [0.4, 0.5) is 0 Å². The molecule has 0 atom stereocenters. The van der Waals surface area contributed by atoms with E-state index in [0.717, 1.165) is 30.8 Å². The molecule has 4 heteroatoms. The number of rotatable bonds is 10. The molecule has 4 nitrogen and oxygen atoms in total. The van der Waals surface area contributed by atoms with Gasteiger partial charge in [0, 0.05) is 12.1 Å². The van der Waals surface area contributed by atoms with Gasteiger partial charge in [0.05, 0.1) is 13.2 Å². The number of nitrogens with one attached hydrogen (secondary N) is 1. The maximum atomic E-state index is 12.2. The zero-order valence-electron chi connectivity index (χ0n) is 15.1. The molecule has 0 heterocycles. The van der Waals surface area contributed by atoms with Crippen molar-refractivity contribution in [2.24, 2.45) is 0 Å². The fourth-order valence-electron chi connectivity index (χ4n) is 2.51. The van der Waals surface area contributed by atoms with E-state index in [1.54, 1.807) is 12.1 Å². The lowest BCUT2D eigenvalue weighted by Crippen LogP contribution is -2.24. The molecular weight excluding hydrogens is 314 g/mol. The Morgan fingerprint density at radius 3 is 2.48 bits per heavy atom. The molecule has 0 saturated heterocycles. The van der Waals surface area contributed by atoms with Gasteiger partial charge in [-0.25, -0.2) is 0 Å². The first kappa shape index (κ1) is 18.8. The zero-order valence-corrected chi connectivity index (χ0v) is 15.1. The third-order valence-electron chi connectivity index (χ3n) is 3.77. The summed E-state index contributed by atoms with van der Waals surface area (Å²) in [6.07, 6.45) is 2.71. The number of aryl methyl sites for hydroxylation is 1. The highest BCUT2D eigenvalue weighted by Crippen LogP contribution is 2.19. The molecule has 0 aliphatic rings. The summed E-state index contributed by atoms with van der Waals surface area (Å²) in [4.78, 5) is 12.2. The molecule has 0 bridgehead atoms. The van der Waals surface area contributed by atoms with Gasteiger partial charge in [0.25, 0.3) is 5.91 Å². The van der Waals surface area contributed by atoms with Crippen LogP contribution in [0.15, 0.2) is 48.5 Å². The predicted molar refractivity (Wildman–Crippen MR) is 100 cm³/mol. The molecule has 0 radical (unpaired) electrons. The third-order valence-corrected chi connectivity index (χ3v) is 3.77. The van der Waals surface area contributed by atoms with Gasteiger partial charge in [-0.05, 0) is 62.1 Å². The first-order valence-electron chi connectivity index (χ1n) is 8.96. The highest BCUT2D eigenvalue weighted by Gasteiger charge is 2.06. The Hall–Kier alpha value is -2.49. The van der Waals surface area contributed by atoms with Gasteiger partial charge in [0.1, 0.15) is 11.5 Å². The first-order valence-corrected chi connectivity index (χ1v) is 8.96. The standard InChI is InChI=1S/C21H27NO3/c1-3-16-25-19-13-11-18(12-14-19)21(23)22-15-7-9-17-8-5-6-10-20(17)24-4-2/h5-6,8,10-14H,3-4,7,9,15-16H2,1-2H3,(H,22,23). The fourth-order valence-corrected chi connectivity index (χ4v) is 2.51. The van der Waals surface area contributed by atoms with E-state index < -0.39 is 0 Å². The molecule has 2 rings (SSSR count). The average molecular weight is 341 g/mol. The third kappa shape index (κ3) is 6.14. The van der Waals surface area contributed by atoms with Crippen LogP contribution in [0.5, 0.6) is 11.5 Å². The van der Waals surface area contributed by atoms with E-state index in [2.05, 4.69) is 18.3 Å². The first-order chi connectivity index (χ1) is 12.2. The molecule has 134 valence electrons. The molecule has 0 aliphatic carbocycles. The summed E-state index contributed by atoms with van der Waals surface area (Å²) in [5, 5.41) is 2.96. The second-order valence-corrected chi connectivity index (χ2v) is 5.77. The Labute approximate surface area is 150 Å². The Morgan fingerprint density at radius 2 is 1.76 bits per heavy atom. The van der Waals surface area contributed by atoms with Crippen molar-refractivity contribution in [3.8, 4) is 11.5 Å². The summed E-state index contributed by atoms with van der Waals surface area (Å²) in [6.45, 7) is 6.03. The van der Waals surface area contributed by atoms with E-state index in [1.807, 2.05) is 37.3 Å². The van der Waals surface area contributed by atoms with Gasteiger partial charge in [0.15, 0.2) is 0 Å². The van der Waals surface area contributed by atoms with Crippen molar-refractivity contribution in [1.82, 2.24) is 5.32 Å². The molecule has 0 fully saturated rings. The van der Waals surface area contributed by atoms with Crippen molar-refractivity contribution in [3.63, 3.8) is 0 Å². The zero-order chi connectivity index (χ0) is 17.9. The number of ether oxygens (including phenoxy) is 2. The summed E-state index contributed by atoms with van der Waals surface area (Å²) >= 11 is 0. The smallest absolute Gasteiger partial charge is 0.251 e. The maximum absolute atomic E-state index is 12.2. The van der Waals surface area contributed by atoms with Crippen molar-refractivity contribution >= 4 is 5.91 Å². The topological polar surface area (TPSA) is 47.6 Å². The highest BCUT2D eigenvalue weighted by molar-refractivity contribution is 5.94. The second-order valence-electron chi connectivity index (χ2n) is 5.77. The van der Waals surface area contributed by atoms with Crippen molar-refractivity contribution in [3.05, 3.63) is 59.7 Å². The lowest BCUT2D eigenvalue weighted by atomic mass is 10.1. The molecule has 0 spiro atoms. The molecule has 2 aromatic carbocycles. The monoisotopic (exact) mass is 341 g/mol. The van der Waals surface area contributed by atoms with Crippen molar-refractivity contribution in [2.45, 2.75) is 33.1 Å². The Bertz CT molecular complexity index is 652. The maximum Gasteiger partial charge on any atom is 0.251 e. The lowest BCUT2D eigenvalue weighted by Gasteiger charge is -2.10. The van der Waals surface area contributed by atoms with Gasteiger partial charge in [-0.15, -0.1) is 0 Å². The molecule has 0 aromatic heterocycles. The van der Waals surface area contributed by atoms with E-state index in [4.69, 9.17) is 9.47 Å². The second kappa shape index (κ2) is 10.4. The van der Waals surface area contributed by atoms with E-state index >= 15 is 0 Å². The highest BCUT2D eigenvalue weighted by atomic mass is 16.5. The van der Waals surface area contributed by atoms with Gasteiger partial charge in [-0.1, -0.05) is 25.1 Å². The lowest BCUT2D eigenvalue weighted by molar-refractivity contribution is 0.0953. The van der Waals surface area contributed by atoms with Crippen LogP contribution in [0, 0.1) is 0 Å². The van der Waals surface area contributed by atoms with Gasteiger partial charge >= 0.3 is 0 Å². The van der Waals surface area contributed by atoms with Gasteiger partial charge in [0.2, 0.25) is 0 Å². The van der Waals surface area contributed by atoms with Crippen molar-refractivity contribution < 1.29 is 14.3 Å². The fraction of sp³-hybridized carbons (Fsp3) is 0.381. The van der Waals surface area contributed by atoms with Crippen molar-refractivity contribution in [2.75, 3.05) is 19.8 Å². The number of hydrogen-bond acceptors (Lipinski definition) is 3. The summed E-state index contributed by atoms with van der Waals surface area (Å²) < 4.78 is 11.1. The summed E-state index contributed by atoms with van der Waals surface area (Å²) in [5.74, 6) is 1.67. The number of para-hydroxylation sites is 1. The number of amides is 1. The molecule has 0 aliphatic heterocycles. The number of benzene rings is 2. The molecule has 0 saturated carbocycles. The van der Waals surface area contributed by atoms with E-state index in [1.165, 1.54) is 5.56 Å². The van der Waals surface area contributed by atoms with Crippen LogP contribution in [-0.2, 0) is 6.42 Å². The molecule has 2 aromatic rings. The van der Waals surface area contributed by atoms with Crippen LogP contribution in [0.1, 0.15) is 42.6 Å². The summed E-state index contributed by atoms with van der Waals surface area (Å²) in [5.41, 5.74) is 1.83. The molecule has 1 N–H and O–H groups in total.